The van der Waals surface area contributed by atoms with Crippen LogP contribution in [0.3, 0.4) is 0 Å². The molecule has 8 nitrogen and oxygen atoms in total. The molecular formula is C28H53NaO8S. The molecule has 38 heavy (non-hydrogen) atoms. The second-order valence-electron chi connectivity index (χ2n) is 9.95. The van der Waals surface area contributed by atoms with Crippen molar-refractivity contribution in [1.82, 2.24) is 0 Å². The maximum atomic E-state index is 12.2. The molecular weight excluding hydrogens is 519 g/mol. The molecule has 0 aromatic rings. The van der Waals surface area contributed by atoms with Crippen molar-refractivity contribution in [2.45, 2.75) is 155 Å². The van der Waals surface area contributed by atoms with Gasteiger partial charge in [0.15, 0.2) is 6.10 Å². The molecule has 0 aliphatic heterocycles. The van der Waals surface area contributed by atoms with E-state index in [1.807, 2.05) is 0 Å². The van der Waals surface area contributed by atoms with E-state index in [2.05, 4.69) is 18.0 Å². The fraction of sp³-hybridized carbons (Fsp3) is 0.929. The van der Waals surface area contributed by atoms with Gasteiger partial charge in [0.05, 0.1) is 19.6 Å². The predicted molar refractivity (Wildman–Crippen MR) is 145 cm³/mol. The zero-order valence-corrected chi connectivity index (χ0v) is 27.3. The number of rotatable bonds is 27. The molecule has 0 rings (SSSR count). The summed E-state index contributed by atoms with van der Waals surface area (Å²) in [6, 6.07) is 0. The smallest absolute Gasteiger partial charge is 0.725 e. The van der Waals surface area contributed by atoms with Gasteiger partial charge in [-0.15, -0.1) is 0 Å². The summed E-state index contributed by atoms with van der Waals surface area (Å²) in [5, 5.41) is 0. The van der Waals surface area contributed by atoms with Crippen LogP contribution >= 0.6 is 0 Å². The molecule has 1 atom stereocenters. The van der Waals surface area contributed by atoms with Gasteiger partial charge in [-0.25, -0.2) is 13.2 Å². The molecule has 10 heteroatoms. The third kappa shape index (κ3) is 28.8. The van der Waals surface area contributed by atoms with Gasteiger partial charge >= 0.3 is 41.5 Å². The van der Waals surface area contributed by atoms with Gasteiger partial charge in [0.2, 0.25) is 10.4 Å². The van der Waals surface area contributed by atoms with Crippen molar-refractivity contribution in [3.63, 3.8) is 0 Å². The molecule has 0 fully saturated rings. The maximum absolute atomic E-state index is 12.2. The Morgan fingerprint density at radius 2 is 0.947 bits per heavy atom. The van der Waals surface area contributed by atoms with Gasteiger partial charge in [0.25, 0.3) is 0 Å². The second kappa shape index (κ2) is 28.3. The van der Waals surface area contributed by atoms with Crippen LogP contribution in [0.1, 0.15) is 149 Å². The quantitative estimate of drug-likeness (QED) is 0.0473. The molecule has 0 N–H and O–H groups in total. The summed E-state index contributed by atoms with van der Waals surface area (Å²) in [6.07, 6.45) is 20.2. The molecule has 0 aliphatic carbocycles. The van der Waals surface area contributed by atoms with E-state index in [0.29, 0.717) is 12.8 Å². The molecule has 0 heterocycles. The molecule has 0 aromatic heterocycles. The van der Waals surface area contributed by atoms with Crippen molar-refractivity contribution in [2.24, 2.45) is 0 Å². The van der Waals surface area contributed by atoms with Gasteiger partial charge in [-0.05, 0) is 12.8 Å². The molecule has 0 saturated heterocycles. The Balaban J connectivity index is 0. The van der Waals surface area contributed by atoms with E-state index in [9.17, 15) is 22.6 Å². The van der Waals surface area contributed by atoms with Crippen LogP contribution in [0.15, 0.2) is 0 Å². The van der Waals surface area contributed by atoms with Crippen LogP contribution < -0.4 is 29.6 Å². The minimum Gasteiger partial charge on any atom is -0.725 e. The summed E-state index contributed by atoms with van der Waals surface area (Å²) in [6.45, 7) is 4.67. The summed E-state index contributed by atoms with van der Waals surface area (Å²) >= 11 is 0. The number of carbonyl (C=O) groups is 2. The first-order valence-corrected chi connectivity index (χ1v) is 16.1. The largest absolute Gasteiger partial charge is 1.00 e. The summed E-state index contributed by atoms with van der Waals surface area (Å²) < 4.78 is 47.5. The van der Waals surface area contributed by atoms with E-state index in [0.717, 1.165) is 38.5 Å². The molecule has 0 bridgehead atoms. The number of carbonyl (C=O) groups excluding carboxylic acids is 2. The first kappa shape index (κ1) is 40.0. The summed E-state index contributed by atoms with van der Waals surface area (Å²) in [5.74, 6) is -1.83. The number of unbranched alkanes of at least 4 members (excludes halogenated alkanes) is 18. The van der Waals surface area contributed by atoms with Crippen LogP contribution in [-0.4, -0.2) is 44.2 Å². The summed E-state index contributed by atoms with van der Waals surface area (Å²) in [5.41, 5.74) is 0. The van der Waals surface area contributed by atoms with Gasteiger partial charge in [-0.2, -0.15) is 0 Å². The number of esters is 2. The van der Waals surface area contributed by atoms with Crippen LogP contribution in [0, 0.1) is 0 Å². The molecule has 220 valence electrons. The van der Waals surface area contributed by atoms with E-state index in [-0.39, 0.29) is 42.8 Å². The molecule has 0 amide bonds. The Morgan fingerprint density at radius 1 is 0.605 bits per heavy atom. The monoisotopic (exact) mass is 572 g/mol. The van der Waals surface area contributed by atoms with Crippen molar-refractivity contribution in [1.29, 1.82) is 0 Å². The van der Waals surface area contributed by atoms with Gasteiger partial charge in [-0.3, -0.25) is 8.98 Å². The van der Waals surface area contributed by atoms with E-state index >= 15 is 0 Å². The standard InChI is InChI=1S/C28H54O8S.Na/c1-3-5-7-9-11-13-15-17-19-21-23-34-27(29)25-26(36-37(31,32)33)28(30)35-24-22-20-18-16-14-12-10-8-6-4-2;/h26H,3-25H2,1-2H3,(H,31,32,33);/q;+1/p-1. The number of hydrogen-bond donors (Lipinski definition) is 0. The maximum Gasteiger partial charge on any atom is 1.00 e. The molecule has 0 aromatic carbocycles. The van der Waals surface area contributed by atoms with Crippen molar-refractivity contribution in [2.75, 3.05) is 13.2 Å². The van der Waals surface area contributed by atoms with Gasteiger partial charge in [0.1, 0.15) is 0 Å². The van der Waals surface area contributed by atoms with Gasteiger partial charge < -0.3 is 14.0 Å². The van der Waals surface area contributed by atoms with E-state index in [1.165, 1.54) is 77.0 Å². The van der Waals surface area contributed by atoms with Crippen LogP contribution in [-0.2, 0) is 33.6 Å². The Labute approximate surface area is 255 Å². The van der Waals surface area contributed by atoms with Crippen LogP contribution in [0.25, 0.3) is 0 Å². The SMILES string of the molecule is CCCCCCCCCCCCOC(=O)CC(OS(=O)(=O)[O-])C(=O)OCCCCCCCCCCCC.[Na+]. The summed E-state index contributed by atoms with van der Waals surface area (Å²) in [7, 11) is -5.17. The fourth-order valence-electron chi connectivity index (χ4n) is 4.14. The zero-order valence-electron chi connectivity index (χ0n) is 24.5. The average molecular weight is 573 g/mol. The average Bonchev–Trinajstić information content (AvgIpc) is 2.84. The zero-order chi connectivity index (χ0) is 27.6. The molecule has 0 spiro atoms. The fourth-order valence-corrected chi connectivity index (χ4v) is 4.57. The first-order chi connectivity index (χ1) is 17.8. The Bertz CT molecular complexity index is 657. The molecule has 0 radical (unpaired) electrons. The Morgan fingerprint density at radius 3 is 1.32 bits per heavy atom. The molecule has 0 saturated carbocycles. The van der Waals surface area contributed by atoms with Crippen molar-refractivity contribution >= 4 is 22.3 Å². The Kier molecular flexibility index (Phi) is 29.8. The second-order valence-corrected chi connectivity index (χ2v) is 11.0. The minimum atomic E-state index is -5.17. The third-order valence-electron chi connectivity index (χ3n) is 6.35. The minimum absolute atomic E-state index is 0. The number of ether oxygens (including phenoxy) is 2. The topological polar surface area (TPSA) is 119 Å². The first-order valence-electron chi connectivity index (χ1n) is 14.8. The third-order valence-corrected chi connectivity index (χ3v) is 6.82. The normalized spacial score (nSPS) is 12.1. The number of hydrogen-bond acceptors (Lipinski definition) is 8. The van der Waals surface area contributed by atoms with E-state index in [4.69, 9.17) is 9.47 Å². The Hall–Kier alpha value is -0.190. The van der Waals surface area contributed by atoms with Gasteiger partial charge in [-0.1, -0.05) is 129 Å². The van der Waals surface area contributed by atoms with Crippen molar-refractivity contribution < 1.29 is 65.8 Å². The van der Waals surface area contributed by atoms with Crippen LogP contribution in [0.2, 0.25) is 0 Å². The van der Waals surface area contributed by atoms with E-state index in [1.54, 1.807) is 0 Å². The van der Waals surface area contributed by atoms with Gasteiger partial charge in [0, 0.05) is 0 Å². The van der Waals surface area contributed by atoms with Crippen LogP contribution in [0.5, 0.6) is 0 Å². The predicted octanol–water partition coefficient (Wildman–Crippen LogP) is 4.15. The molecule has 0 aliphatic rings. The summed E-state index contributed by atoms with van der Waals surface area (Å²) in [4.78, 5) is 24.3. The van der Waals surface area contributed by atoms with E-state index < -0.39 is 34.9 Å². The van der Waals surface area contributed by atoms with Crippen LogP contribution in [0.4, 0.5) is 0 Å². The molecule has 1 unspecified atom stereocenters. The van der Waals surface area contributed by atoms with Crippen molar-refractivity contribution in [3.05, 3.63) is 0 Å². The van der Waals surface area contributed by atoms with Crippen molar-refractivity contribution in [3.8, 4) is 0 Å².